The van der Waals surface area contributed by atoms with E-state index in [1.54, 1.807) is 29.2 Å². The van der Waals surface area contributed by atoms with E-state index >= 15 is 0 Å². The summed E-state index contributed by atoms with van der Waals surface area (Å²) in [6, 6.07) is 14.4. The van der Waals surface area contributed by atoms with Crippen LogP contribution in [0.1, 0.15) is 28.4 Å². The van der Waals surface area contributed by atoms with Crippen LogP contribution in [0.2, 0.25) is 0 Å². The molecule has 0 unspecified atom stereocenters. The quantitative estimate of drug-likeness (QED) is 0.585. The number of carbonyl (C=O) groups is 4. The molecule has 0 bridgehead atoms. The van der Waals surface area contributed by atoms with E-state index in [4.69, 9.17) is 4.74 Å². The Balaban J connectivity index is 1.40. The number of nitrogens with zero attached hydrogens (tertiary/aromatic N) is 2. The molecule has 0 spiro atoms. The number of hydrogen-bond donors (Lipinski definition) is 0. The van der Waals surface area contributed by atoms with Crippen LogP contribution in [-0.4, -0.2) is 47.8 Å². The molecule has 7 nitrogen and oxygen atoms in total. The van der Waals surface area contributed by atoms with Gasteiger partial charge in [-0.25, -0.2) is 0 Å². The molecule has 0 N–H and O–H groups in total. The highest BCUT2D eigenvalue weighted by atomic mass is 16.5. The number of anilines is 1. The van der Waals surface area contributed by atoms with E-state index in [9.17, 15) is 19.2 Å². The molecule has 2 heterocycles. The van der Waals surface area contributed by atoms with Crippen molar-refractivity contribution < 1.29 is 23.9 Å². The maximum Gasteiger partial charge on any atom is 0.326 e. The molecule has 7 heteroatoms. The van der Waals surface area contributed by atoms with Crippen molar-refractivity contribution in [2.45, 2.75) is 25.9 Å². The number of rotatable bonds is 4. The summed E-state index contributed by atoms with van der Waals surface area (Å²) in [5, 5.41) is 0. The molecule has 4 rings (SSSR count). The molecule has 2 aliphatic heterocycles. The van der Waals surface area contributed by atoms with Crippen molar-refractivity contribution in [1.82, 2.24) is 4.90 Å². The highest BCUT2D eigenvalue weighted by Crippen LogP contribution is 2.28. The third-order valence-electron chi connectivity index (χ3n) is 5.23. The number of ether oxygens (including phenoxy) is 1. The molecule has 0 fully saturated rings. The summed E-state index contributed by atoms with van der Waals surface area (Å²) in [5.74, 6) is -2.11. The van der Waals surface area contributed by atoms with Gasteiger partial charge in [0.1, 0.15) is 6.54 Å². The number of amides is 3. The van der Waals surface area contributed by atoms with Crippen LogP contribution in [0.5, 0.6) is 0 Å². The maximum absolute atomic E-state index is 12.7. The molecule has 0 aromatic heterocycles. The van der Waals surface area contributed by atoms with Crippen LogP contribution in [0.25, 0.3) is 0 Å². The largest absolute Gasteiger partial charge is 0.451 e. The molecule has 0 saturated heterocycles. The minimum Gasteiger partial charge on any atom is -0.451 e. The normalized spacial score (nSPS) is 16.3. The molecular weight excluding hydrogens is 372 g/mol. The number of esters is 1. The van der Waals surface area contributed by atoms with E-state index in [1.165, 1.54) is 6.92 Å². The minimum absolute atomic E-state index is 0.0498. The van der Waals surface area contributed by atoms with Crippen LogP contribution < -0.4 is 4.90 Å². The Morgan fingerprint density at radius 1 is 1.03 bits per heavy atom. The van der Waals surface area contributed by atoms with Crippen molar-refractivity contribution in [3.8, 4) is 0 Å². The fourth-order valence-corrected chi connectivity index (χ4v) is 3.76. The molecule has 0 radical (unpaired) electrons. The highest BCUT2D eigenvalue weighted by Gasteiger charge is 2.34. The van der Waals surface area contributed by atoms with Gasteiger partial charge in [-0.15, -0.1) is 0 Å². The first-order valence-corrected chi connectivity index (χ1v) is 9.47. The zero-order valence-electron chi connectivity index (χ0n) is 16.0. The van der Waals surface area contributed by atoms with Gasteiger partial charge in [0.2, 0.25) is 5.91 Å². The Kier molecular flexibility index (Phi) is 4.88. The second-order valence-electron chi connectivity index (χ2n) is 7.12. The smallest absolute Gasteiger partial charge is 0.326 e. The lowest BCUT2D eigenvalue weighted by Crippen LogP contribution is -2.46. The number of fused-ring (bicyclic) bond motifs is 2. The van der Waals surface area contributed by atoms with Gasteiger partial charge in [0.05, 0.1) is 6.42 Å². The lowest BCUT2D eigenvalue weighted by Gasteiger charge is -2.27. The SMILES string of the molecule is C[C@@H](OC(=O)CN1C(=O)Cc2ccccc2C1=O)C(=O)N1CCc2ccccc21. The molecule has 0 saturated carbocycles. The van der Waals surface area contributed by atoms with Crippen molar-refractivity contribution in [2.75, 3.05) is 18.0 Å². The molecular formula is C22H20N2O5. The third-order valence-corrected chi connectivity index (χ3v) is 5.23. The predicted octanol–water partition coefficient (Wildman–Crippen LogP) is 1.73. The molecule has 29 heavy (non-hydrogen) atoms. The number of hydrogen-bond acceptors (Lipinski definition) is 5. The van der Waals surface area contributed by atoms with Gasteiger partial charge in [0.25, 0.3) is 11.8 Å². The number of imide groups is 1. The summed E-state index contributed by atoms with van der Waals surface area (Å²) in [6.45, 7) is 1.51. The van der Waals surface area contributed by atoms with E-state index in [2.05, 4.69) is 0 Å². The lowest BCUT2D eigenvalue weighted by atomic mass is 9.98. The van der Waals surface area contributed by atoms with E-state index in [0.29, 0.717) is 17.7 Å². The van der Waals surface area contributed by atoms with Crippen molar-refractivity contribution in [2.24, 2.45) is 0 Å². The Labute approximate surface area is 167 Å². The molecule has 2 aromatic rings. The van der Waals surface area contributed by atoms with Crippen molar-refractivity contribution in [3.05, 3.63) is 65.2 Å². The summed E-state index contributed by atoms with van der Waals surface area (Å²) < 4.78 is 5.25. The molecule has 3 amide bonds. The number of carbonyl (C=O) groups excluding carboxylic acids is 4. The Bertz CT molecular complexity index is 1020. The topological polar surface area (TPSA) is 84.0 Å². The van der Waals surface area contributed by atoms with E-state index in [-0.39, 0.29) is 12.3 Å². The Morgan fingerprint density at radius 2 is 1.72 bits per heavy atom. The first kappa shape index (κ1) is 18.9. The number of benzene rings is 2. The van der Waals surface area contributed by atoms with E-state index in [1.807, 2.05) is 24.3 Å². The molecule has 148 valence electrons. The van der Waals surface area contributed by atoms with Crippen LogP contribution in [0, 0.1) is 0 Å². The summed E-state index contributed by atoms with van der Waals surface area (Å²) in [7, 11) is 0. The minimum atomic E-state index is -1.02. The first-order valence-electron chi connectivity index (χ1n) is 9.47. The van der Waals surface area contributed by atoms with Gasteiger partial charge in [-0.3, -0.25) is 24.1 Å². The summed E-state index contributed by atoms with van der Waals surface area (Å²) in [6.07, 6.45) is -0.219. The number of para-hydroxylation sites is 1. The predicted molar refractivity (Wildman–Crippen MR) is 104 cm³/mol. The maximum atomic E-state index is 12.7. The summed E-state index contributed by atoms with van der Waals surface area (Å²) in [4.78, 5) is 52.4. The van der Waals surface area contributed by atoms with Gasteiger partial charge in [-0.2, -0.15) is 0 Å². The zero-order valence-corrected chi connectivity index (χ0v) is 16.0. The van der Waals surface area contributed by atoms with Gasteiger partial charge in [-0.1, -0.05) is 36.4 Å². The van der Waals surface area contributed by atoms with Crippen LogP contribution >= 0.6 is 0 Å². The van der Waals surface area contributed by atoms with Crippen molar-refractivity contribution >= 4 is 29.4 Å². The third kappa shape index (κ3) is 3.51. The molecule has 2 aromatic carbocycles. The van der Waals surface area contributed by atoms with Crippen LogP contribution in [0.3, 0.4) is 0 Å². The van der Waals surface area contributed by atoms with Crippen LogP contribution in [-0.2, 0) is 32.0 Å². The van der Waals surface area contributed by atoms with E-state index in [0.717, 1.165) is 22.6 Å². The standard InChI is InChI=1S/C22H20N2O5/c1-14(21(27)23-11-10-15-6-3-5-9-18(15)23)29-20(26)13-24-19(25)12-16-7-2-4-8-17(16)22(24)28/h2-9,14H,10-13H2,1H3/t14-/m1/s1. The van der Waals surface area contributed by atoms with Crippen LogP contribution in [0.15, 0.2) is 48.5 Å². The molecule has 1 atom stereocenters. The van der Waals surface area contributed by atoms with E-state index < -0.39 is 30.4 Å². The second kappa shape index (κ2) is 7.50. The first-order chi connectivity index (χ1) is 14.0. The monoisotopic (exact) mass is 392 g/mol. The van der Waals surface area contributed by atoms with Crippen LogP contribution in [0.4, 0.5) is 5.69 Å². The average molecular weight is 392 g/mol. The van der Waals surface area contributed by atoms with Gasteiger partial charge in [0.15, 0.2) is 6.10 Å². The van der Waals surface area contributed by atoms with Crippen molar-refractivity contribution in [1.29, 1.82) is 0 Å². The zero-order chi connectivity index (χ0) is 20.5. The Hall–Kier alpha value is -3.48. The fourth-order valence-electron chi connectivity index (χ4n) is 3.76. The van der Waals surface area contributed by atoms with Gasteiger partial charge >= 0.3 is 5.97 Å². The van der Waals surface area contributed by atoms with Gasteiger partial charge in [0, 0.05) is 17.8 Å². The van der Waals surface area contributed by atoms with Gasteiger partial charge in [-0.05, 0) is 36.6 Å². The Morgan fingerprint density at radius 3 is 2.52 bits per heavy atom. The van der Waals surface area contributed by atoms with Crippen molar-refractivity contribution in [3.63, 3.8) is 0 Å². The fraction of sp³-hybridized carbons (Fsp3) is 0.273. The van der Waals surface area contributed by atoms with Gasteiger partial charge < -0.3 is 9.64 Å². The second-order valence-corrected chi connectivity index (χ2v) is 7.12. The molecule has 0 aliphatic carbocycles. The average Bonchev–Trinajstić information content (AvgIpc) is 3.14. The summed E-state index contributed by atoms with van der Waals surface area (Å²) in [5.41, 5.74) is 2.93. The molecule has 2 aliphatic rings. The lowest BCUT2D eigenvalue weighted by molar-refractivity contribution is -0.156. The summed E-state index contributed by atoms with van der Waals surface area (Å²) >= 11 is 0. The highest BCUT2D eigenvalue weighted by molar-refractivity contribution is 6.11.